The van der Waals surface area contributed by atoms with Gasteiger partial charge in [0, 0.05) is 19.8 Å². The molecule has 0 spiro atoms. The van der Waals surface area contributed by atoms with Gasteiger partial charge < -0.3 is 5.32 Å². The van der Waals surface area contributed by atoms with E-state index in [0.29, 0.717) is 0 Å². The first kappa shape index (κ1) is 11.6. The van der Waals surface area contributed by atoms with E-state index in [9.17, 15) is 9.59 Å². The molecule has 1 aromatic carbocycles. The molecule has 1 aliphatic rings. The van der Waals surface area contributed by atoms with Crippen molar-refractivity contribution in [3.05, 3.63) is 30.3 Å². The van der Waals surface area contributed by atoms with E-state index < -0.39 is 6.04 Å². The molecule has 2 amide bonds. The lowest BCUT2D eigenvalue weighted by Gasteiger charge is -2.22. The Morgan fingerprint density at radius 1 is 1.24 bits per heavy atom. The van der Waals surface area contributed by atoms with E-state index in [1.54, 1.807) is 14.1 Å². The molecule has 1 heterocycles. The number of carbonyl (C=O) groups is 2. The topological polar surface area (TPSA) is 52.6 Å². The molecule has 1 unspecified atom stereocenters. The standard InChI is InChI=1S/C12H15N3O2/c1-14(2)15-11(16)8-10(12(15)17)13-9-6-4-3-5-7-9/h3-7,10,13H,8H2,1-2H3. The summed E-state index contributed by atoms with van der Waals surface area (Å²) in [6.45, 7) is 0. The lowest BCUT2D eigenvalue weighted by atomic mass is 10.2. The highest BCUT2D eigenvalue weighted by atomic mass is 16.2. The Hall–Kier alpha value is -1.88. The van der Waals surface area contributed by atoms with Gasteiger partial charge in [-0.25, -0.2) is 10.0 Å². The highest BCUT2D eigenvalue weighted by molar-refractivity contribution is 6.06. The summed E-state index contributed by atoms with van der Waals surface area (Å²) in [6.07, 6.45) is 0.200. The van der Waals surface area contributed by atoms with E-state index in [-0.39, 0.29) is 18.2 Å². The zero-order chi connectivity index (χ0) is 12.4. The quantitative estimate of drug-likeness (QED) is 0.781. The number of rotatable bonds is 3. The minimum Gasteiger partial charge on any atom is -0.373 e. The second-order valence-electron chi connectivity index (χ2n) is 4.16. The van der Waals surface area contributed by atoms with E-state index in [0.717, 1.165) is 5.69 Å². The maximum atomic E-state index is 12.0. The highest BCUT2D eigenvalue weighted by Gasteiger charge is 2.39. The summed E-state index contributed by atoms with van der Waals surface area (Å²) in [5.41, 5.74) is 0.847. The van der Waals surface area contributed by atoms with Crippen molar-refractivity contribution in [1.29, 1.82) is 0 Å². The summed E-state index contributed by atoms with van der Waals surface area (Å²) in [5, 5.41) is 5.75. The summed E-state index contributed by atoms with van der Waals surface area (Å²) in [5.74, 6) is -0.378. The molecule has 1 atom stereocenters. The number of hydrazine groups is 1. The van der Waals surface area contributed by atoms with Crippen LogP contribution in [0.15, 0.2) is 30.3 Å². The van der Waals surface area contributed by atoms with E-state index in [1.165, 1.54) is 10.0 Å². The van der Waals surface area contributed by atoms with Crippen LogP contribution in [-0.2, 0) is 9.59 Å². The average molecular weight is 233 g/mol. The van der Waals surface area contributed by atoms with Gasteiger partial charge in [-0.3, -0.25) is 9.59 Å². The molecule has 0 bridgehead atoms. The first-order valence-electron chi connectivity index (χ1n) is 5.45. The molecule has 0 aromatic heterocycles. The Balaban J connectivity index is 2.10. The van der Waals surface area contributed by atoms with E-state index in [2.05, 4.69) is 5.32 Å². The van der Waals surface area contributed by atoms with Crippen LogP contribution in [0, 0.1) is 0 Å². The Morgan fingerprint density at radius 2 is 1.88 bits per heavy atom. The van der Waals surface area contributed by atoms with Crippen molar-refractivity contribution in [3.8, 4) is 0 Å². The van der Waals surface area contributed by atoms with Gasteiger partial charge in [-0.05, 0) is 12.1 Å². The minimum atomic E-state index is -0.465. The monoisotopic (exact) mass is 233 g/mol. The Bertz CT molecular complexity index is 431. The van der Waals surface area contributed by atoms with Crippen molar-refractivity contribution < 1.29 is 9.59 Å². The normalized spacial score (nSPS) is 20.2. The second-order valence-corrected chi connectivity index (χ2v) is 4.16. The van der Waals surface area contributed by atoms with Crippen molar-refractivity contribution in [1.82, 2.24) is 10.0 Å². The molecule has 2 rings (SSSR count). The molecule has 1 aromatic rings. The molecule has 1 fully saturated rings. The first-order chi connectivity index (χ1) is 8.09. The number of anilines is 1. The largest absolute Gasteiger partial charge is 0.373 e. The van der Waals surface area contributed by atoms with Crippen LogP contribution in [0.1, 0.15) is 6.42 Å². The number of imide groups is 1. The number of carbonyl (C=O) groups excluding carboxylic acids is 2. The van der Waals surface area contributed by atoms with Crippen molar-refractivity contribution in [2.24, 2.45) is 0 Å². The molecule has 1 saturated heterocycles. The zero-order valence-corrected chi connectivity index (χ0v) is 9.88. The van der Waals surface area contributed by atoms with Crippen molar-refractivity contribution in [2.45, 2.75) is 12.5 Å². The number of para-hydroxylation sites is 1. The fourth-order valence-corrected chi connectivity index (χ4v) is 1.89. The number of benzene rings is 1. The van der Waals surface area contributed by atoms with Gasteiger partial charge in [-0.2, -0.15) is 0 Å². The van der Waals surface area contributed by atoms with Gasteiger partial charge in [0.1, 0.15) is 6.04 Å². The molecule has 0 radical (unpaired) electrons. The van der Waals surface area contributed by atoms with Crippen LogP contribution >= 0.6 is 0 Å². The average Bonchev–Trinajstić information content (AvgIpc) is 2.55. The fourth-order valence-electron chi connectivity index (χ4n) is 1.89. The van der Waals surface area contributed by atoms with Crippen LogP contribution in [0.4, 0.5) is 5.69 Å². The number of amides is 2. The first-order valence-corrected chi connectivity index (χ1v) is 5.45. The smallest absolute Gasteiger partial charge is 0.266 e. The second kappa shape index (κ2) is 4.55. The van der Waals surface area contributed by atoms with Crippen LogP contribution in [0.25, 0.3) is 0 Å². The maximum Gasteiger partial charge on any atom is 0.266 e. The minimum absolute atomic E-state index is 0.173. The molecule has 1 aliphatic heterocycles. The zero-order valence-electron chi connectivity index (χ0n) is 9.88. The van der Waals surface area contributed by atoms with E-state index >= 15 is 0 Å². The lowest BCUT2D eigenvalue weighted by Crippen LogP contribution is -2.43. The summed E-state index contributed by atoms with van der Waals surface area (Å²) >= 11 is 0. The van der Waals surface area contributed by atoms with Crippen molar-refractivity contribution >= 4 is 17.5 Å². The molecular formula is C12H15N3O2. The highest BCUT2D eigenvalue weighted by Crippen LogP contribution is 2.18. The molecule has 5 nitrogen and oxygen atoms in total. The van der Waals surface area contributed by atoms with Crippen molar-refractivity contribution in [2.75, 3.05) is 19.4 Å². The van der Waals surface area contributed by atoms with Gasteiger partial charge in [-0.1, -0.05) is 18.2 Å². The molecule has 90 valence electrons. The van der Waals surface area contributed by atoms with Crippen LogP contribution < -0.4 is 5.32 Å². The Kier molecular flexibility index (Phi) is 3.10. The summed E-state index contributed by atoms with van der Waals surface area (Å²) < 4.78 is 0. The van der Waals surface area contributed by atoms with Crippen LogP contribution in [0.2, 0.25) is 0 Å². The van der Waals surface area contributed by atoms with Gasteiger partial charge >= 0.3 is 0 Å². The fraction of sp³-hybridized carbons (Fsp3) is 0.333. The molecule has 0 saturated carbocycles. The number of hydrogen-bond donors (Lipinski definition) is 1. The van der Waals surface area contributed by atoms with Gasteiger partial charge in [0.05, 0.1) is 6.42 Å². The van der Waals surface area contributed by atoms with Crippen molar-refractivity contribution in [3.63, 3.8) is 0 Å². The molecule has 17 heavy (non-hydrogen) atoms. The van der Waals surface area contributed by atoms with E-state index in [1.807, 2.05) is 30.3 Å². The summed E-state index contributed by atoms with van der Waals surface area (Å²) in [4.78, 5) is 23.6. The van der Waals surface area contributed by atoms with Crippen LogP contribution in [0.3, 0.4) is 0 Å². The predicted octanol–water partition coefficient (Wildman–Crippen LogP) is 0.703. The van der Waals surface area contributed by atoms with Crippen LogP contribution in [-0.4, -0.2) is 42.0 Å². The van der Waals surface area contributed by atoms with Gasteiger partial charge in [0.15, 0.2) is 0 Å². The Labute approximate surface area is 100.0 Å². The van der Waals surface area contributed by atoms with E-state index in [4.69, 9.17) is 0 Å². The third-order valence-electron chi connectivity index (χ3n) is 2.64. The summed E-state index contributed by atoms with van der Waals surface area (Å²) in [7, 11) is 3.36. The summed E-state index contributed by atoms with van der Waals surface area (Å²) in [6, 6.07) is 8.94. The third kappa shape index (κ3) is 2.29. The number of hydrogen-bond acceptors (Lipinski definition) is 4. The molecular weight excluding hydrogens is 218 g/mol. The molecule has 5 heteroatoms. The number of nitrogens with one attached hydrogen (secondary N) is 1. The van der Waals surface area contributed by atoms with Gasteiger partial charge in [0.2, 0.25) is 5.91 Å². The Morgan fingerprint density at radius 3 is 2.41 bits per heavy atom. The van der Waals surface area contributed by atoms with Crippen LogP contribution in [0.5, 0.6) is 0 Å². The predicted molar refractivity (Wildman–Crippen MR) is 64.0 cm³/mol. The maximum absolute atomic E-state index is 12.0. The van der Waals surface area contributed by atoms with Gasteiger partial charge in [0.25, 0.3) is 5.91 Å². The SMILES string of the molecule is CN(C)N1C(=O)CC(Nc2ccccc2)C1=O. The lowest BCUT2D eigenvalue weighted by molar-refractivity contribution is -0.152. The molecule has 0 aliphatic carbocycles. The van der Waals surface area contributed by atoms with Gasteiger partial charge in [-0.15, -0.1) is 0 Å². The number of nitrogens with zero attached hydrogens (tertiary/aromatic N) is 2. The third-order valence-corrected chi connectivity index (χ3v) is 2.64. The molecule has 1 N–H and O–H groups in total.